The van der Waals surface area contributed by atoms with Crippen LogP contribution in [-0.2, 0) is 4.74 Å². The highest BCUT2D eigenvalue weighted by atomic mass is 79.9. The third-order valence-corrected chi connectivity index (χ3v) is 3.46. The average molecular weight is 324 g/mol. The smallest absolute Gasteiger partial charge is 0.133 e. The molecule has 0 aliphatic rings. The summed E-state index contributed by atoms with van der Waals surface area (Å²) in [5, 5.41) is 5.64. The van der Waals surface area contributed by atoms with E-state index in [2.05, 4.69) is 32.3 Å². The van der Waals surface area contributed by atoms with E-state index in [9.17, 15) is 0 Å². The highest BCUT2D eigenvalue weighted by Crippen LogP contribution is 2.27. The Morgan fingerprint density at radius 3 is 2.95 bits per heavy atom. The second-order valence-electron chi connectivity index (χ2n) is 4.18. The average Bonchev–Trinajstić information content (AvgIpc) is 2.43. The van der Waals surface area contributed by atoms with Gasteiger partial charge in [0.2, 0.25) is 0 Å². The second kappa shape index (κ2) is 7.43. The number of pyridine rings is 1. The molecule has 2 aromatic rings. The summed E-state index contributed by atoms with van der Waals surface area (Å²) in [6, 6.07) is 8.13. The van der Waals surface area contributed by atoms with Crippen molar-refractivity contribution in [3.8, 4) is 0 Å². The van der Waals surface area contributed by atoms with E-state index in [0.29, 0.717) is 13.2 Å². The molecule has 0 atom stereocenters. The van der Waals surface area contributed by atoms with Crippen LogP contribution >= 0.6 is 15.9 Å². The minimum Gasteiger partial charge on any atom is -0.380 e. The van der Waals surface area contributed by atoms with E-state index in [4.69, 9.17) is 10.5 Å². The van der Waals surface area contributed by atoms with Gasteiger partial charge in [0, 0.05) is 41.1 Å². The summed E-state index contributed by atoms with van der Waals surface area (Å²) in [7, 11) is 0. The fourth-order valence-electron chi connectivity index (χ4n) is 1.88. The number of hydrogen-bond acceptors (Lipinski definition) is 4. The molecule has 0 unspecified atom stereocenters. The molecular formula is C14H18BrN3O. The van der Waals surface area contributed by atoms with E-state index in [0.717, 1.165) is 35.2 Å². The number of fused-ring (bicyclic) bond motifs is 1. The van der Waals surface area contributed by atoms with E-state index >= 15 is 0 Å². The summed E-state index contributed by atoms with van der Waals surface area (Å²) < 4.78 is 6.42. The lowest BCUT2D eigenvalue weighted by Crippen LogP contribution is -2.11. The number of anilines is 1. The number of ether oxygens (including phenoxy) is 1. The molecule has 0 bridgehead atoms. The largest absolute Gasteiger partial charge is 0.380 e. The molecule has 1 aromatic heterocycles. The van der Waals surface area contributed by atoms with E-state index in [1.54, 1.807) is 0 Å². The minimum absolute atomic E-state index is 0.576. The third-order valence-electron chi connectivity index (χ3n) is 2.77. The molecule has 102 valence electrons. The first-order valence-electron chi connectivity index (χ1n) is 6.38. The Bertz CT molecular complexity index is 533. The molecule has 2 rings (SSSR count). The number of aromatic nitrogens is 1. The summed E-state index contributed by atoms with van der Waals surface area (Å²) in [4.78, 5) is 4.39. The molecule has 0 radical (unpaired) electrons. The molecule has 0 spiro atoms. The number of hydrogen-bond donors (Lipinski definition) is 2. The lowest BCUT2D eigenvalue weighted by Gasteiger charge is -2.09. The lowest BCUT2D eigenvalue weighted by molar-refractivity contribution is 0.141. The van der Waals surface area contributed by atoms with Crippen LogP contribution in [0.1, 0.15) is 6.42 Å². The summed E-state index contributed by atoms with van der Waals surface area (Å²) in [6.45, 7) is 2.76. The quantitative estimate of drug-likeness (QED) is 0.769. The van der Waals surface area contributed by atoms with Gasteiger partial charge in [0.15, 0.2) is 0 Å². The van der Waals surface area contributed by atoms with Gasteiger partial charge in [0.05, 0.1) is 6.61 Å². The van der Waals surface area contributed by atoms with E-state index in [1.807, 2.05) is 24.4 Å². The van der Waals surface area contributed by atoms with Gasteiger partial charge in [-0.25, -0.2) is 4.98 Å². The van der Waals surface area contributed by atoms with E-state index in [1.165, 1.54) is 5.39 Å². The SMILES string of the molecule is NCCOCCCNc1nccc2c(Br)cccc12. The zero-order valence-corrected chi connectivity index (χ0v) is 12.3. The molecule has 5 heteroatoms. The zero-order chi connectivity index (χ0) is 13.5. The maximum absolute atomic E-state index is 5.36. The first-order valence-corrected chi connectivity index (χ1v) is 7.17. The molecule has 0 amide bonds. The van der Waals surface area contributed by atoms with Crippen molar-refractivity contribution in [1.82, 2.24) is 4.98 Å². The molecule has 0 aliphatic heterocycles. The van der Waals surface area contributed by atoms with Gasteiger partial charge in [-0.3, -0.25) is 0 Å². The fourth-order valence-corrected chi connectivity index (χ4v) is 2.37. The number of nitrogens with two attached hydrogens (primary N) is 1. The van der Waals surface area contributed by atoms with Gasteiger partial charge in [0.1, 0.15) is 5.82 Å². The molecule has 0 saturated heterocycles. The topological polar surface area (TPSA) is 60.2 Å². The van der Waals surface area contributed by atoms with Crippen LogP contribution in [0.15, 0.2) is 34.9 Å². The number of benzene rings is 1. The monoisotopic (exact) mass is 323 g/mol. The van der Waals surface area contributed by atoms with Crippen LogP contribution in [0, 0.1) is 0 Å². The fraction of sp³-hybridized carbons (Fsp3) is 0.357. The maximum atomic E-state index is 5.36. The van der Waals surface area contributed by atoms with E-state index < -0.39 is 0 Å². The predicted molar refractivity (Wildman–Crippen MR) is 82.4 cm³/mol. The normalized spacial score (nSPS) is 10.8. The highest BCUT2D eigenvalue weighted by Gasteiger charge is 2.03. The van der Waals surface area contributed by atoms with Crippen molar-refractivity contribution in [2.45, 2.75) is 6.42 Å². The van der Waals surface area contributed by atoms with Gasteiger partial charge in [-0.1, -0.05) is 28.1 Å². The first-order chi connectivity index (χ1) is 9.33. The minimum atomic E-state index is 0.576. The van der Waals surface area contributed by atoms with Crippen molar-refractivity contribution in [2.75, 3.05) is 31.6 Å². The molecule has 4 nitrogen and oxygen atoms in total. The molecule has 0 saturated carbocycles. The Morgan fingerprint density at radius 1 is 1.21 bits per heavy atom. The Kier molecular flexibility index (Phi) is 5.57. The number of rotatable bonds is 7. The standard InChI is InChI=1S/C14H18BrN3O/c15-13-4-1-3-12-11(13)5-8-18-14(12)17-7-2-9-19-10-6-16/h1,3-5,8H,2,6-7,9-10,16H2,(H,17,18). The summed E-state index contributed by atoms with van der Waals surface area (Å²) in [6.07, 6.45) is 2.76. The maximum Gasteiger partial charge on any atom is 0.133 e. The molecular weight excluding hydrogens is 306 g/mol. The summed E-state index contributed by atoms with van der Waals surface area (Å²) >= 11 is 3.55. The summed E-state index contributed by atoms with van der Waals surface area (Å²) in [5.74, 6) is 0.914. The van der Waals surface area contributed by atoms with Gasteiger partial charge in [-0.15, -0.1) is 0 Å². The van der Waals surface area contributed by atoms with Crippen molar-refractivity contribution in [1.29, 1.82) is 0 Å². The van der Waals surface area contributed by atoms with Gasteiger partial charge in [-0.2, -0.15) is 0 Å². The van der Waals surface area contributed by atoms with Crippen molar-refractivity contribution >= 4 is 32.5 Å². The Morgan fingerprint density at radius 2 is 2.11 bits per heavy atom. The van der Waals surface area contributed by atoms with Gasteiger partial charge in [-0.05, 0) is 18.6 Å². The van der Waals surface area contributed by atoms with Crippen LogP contribution in [0.25, 0.3) is 10.8 Å². The van der Waals surface area contributed by atoms with Crippen molar-refractivity contribution in [3.05, 3.63) is 34.9 Å². The van der Waals surface area contributed by atoms with Crippen LogP contribution in [0.3, 0.4) is 0 Å². The molecule has 0 fully saturated rings. The molecule has 19 heavy (non-hydrogen) atoms. The molecule has 1 aromatic carbocycles. The molecule has 0 aliphatic carbocycles. The van der Waals surface area contributed by atoms with Gasteiger partial charge >= 0.3 is 0 Å². The van der Waals surface area contributed by atoms with Crippen molar-refractivity contribution in [2.24, 2.45) is 5.73 Å². The van der Waals surface area contributed by atoms with Gasteiger partial charge in [0.25, 0.3) is 0 Å². The lowest BCUT2D eigenvalue weighted by atomic mass is 10.1. The summed E-state index contributed by atoms with van der Waals surface area (Å²) in [5.41, 5.74) is 5.36. The Balaban J connectivity index is 1.95. The number of halogens is 1. The first kappa shape index (κ1) is 14.2. The Labute approximate surface area is 121 Å². The van der Waals surface area contributed by atoms with Crippen LogP contribution in [0.4, 0.5) is 5.82 Å². The van der Waals surface area contributed by atoms with Crippen molar-refractivity contribution in [3.63, 3.8) is 0 Å². The highest BCUT2D eigenvalue weighted by molar-refractivity contribution is 9.10. The number of nitrogens with one attached hydrogen (secondary N) is 1. The molecule has 1 heterocycles. The van der Waals surface area contributed by atoms with Crippen LogP contribution < -0.4 is 11.1 Å². The van der Waals surface area contributed by atoms with E-state index in [-0.39, 0.29) is 0 Å². The third kappa shape index (κ3) is 3.89. The molecule has 3 N–H and O–H groups in total. The van der Waals surface area contributed by atoms with Crippen LogP contribution in [-0.4, -0.2) is 31.3 Å². The zero-order valence-electron chi connectivity index (χ0n) is 10.7. The Hall–Kier alpha value is -1.17. The van der Waals surface area contributed by atoms with Crippen LogP contribution in [0.5, 0.6) is 0 Å². The van der Waals surface area contributed by atoms with Crippen molar-refractivity contribution < 1.29 is 4.74 Å². The second-order valence-corrected chi connectivity index (χ2v) is 5.03. The number of nitrogens with zero attached hydrogens (tertiary/aromatic N) is 1. The predicted octanol–water partition coefficient (Wildman–Crippen LogP) is 2.77. The van der Waals surface area contributed by atoms with Crippen LogP contribution in [0.2, 0.25) is 0 Å². The van der Waals surface area contributed by atoms with Gasteiger partial charge < -0.3 is 15.8 Å².